The molecule has 0 aromatic carbocycles. The number of aliphatic carboxylic acids is 1. The third-order valence-electron chi connectivity index (χ3n) is 7.15. The van der Waals surface area contributed by atoms with Gasteiger partial charge in [0.25, 0.3) is 16.9 Å². The van der Waals surface area contributed by atoms with Gasteiger partial charge in [0, 0.05) is 29.2 Å². The van der Waals surface area contributed by atoms with Gasteiger partial charge >= 0.3 is 27.3 Å². The van der Waals surface area contributed by atoms with E-state index in [1.807, 2.05) is 0 Å². The third-order valence-corrected chi connectivity index (χ3v) is 14.5. The van der Waals surface area contributed by atoms with Crippen LogP contribution in [0, 0.1) is 0 Å². The van der Waals surface area contributed by atoms with E-state index in [1.165, 1.54) is 11.3 Å². The van der Waals surface area contributed by atoms with Gasteiger partial charge < -0.3 is 31.3 Å². The summed E-state index contributed by atoms with van der Waals surface area (Å²) in [6.45, 7) is -0.811. The second-order valence-corrected chi connectivity index (χ2v) is 16.8. The summed E-state index contributed by atoms with van der Waals surface area (Å²) in [5.41, 5.74) is 2.22. The fourth-order valence-corrected chi connectivity index (χ4v) is 10.9. The van der Waals surface area contributed by atoms with Crippen LogP contribution in [0.25, 0.3) is 0 Å². The highest BCUT2D eigenvalue weighted by molar-refractivity contribution is 8.00. The number of carboxylic acids is 1. The first kappa shape index (κ1) is 42.5. The fourth-order valence-electron chi connectivity index (χ4n) is 5.01. The molecule has 26 heteroatoms. The van der Waals surface area contributed by atoms with Gasteiger partial charge in [0.1, 0.15) is 17.7 Å². The molecule has 22 nitrogen and oxygen atoms in total. The number of rotatable bonds is 22. The molecule has 1 saturated heterocycles. The molecule has 2 aliphatic rings. The van der Waals surface area contributed by atoms with Gasteiger partial charge in [-0.3, -0.25) is 28.4 Å². The highest BCUT2D eigenvalue weighted by Gasteiger charge is 2.70. The molecule has 2 atom stereocenters. The topological polar surface area (TPSA) is 296 Å². The van der Waals surface area contributed by atoms with Gasteiger partial charge in [-0.25, -0.2) is 29.1 Å². The summed E-state index contributed by atoms with van der Waals surface area (Å²) in [7, 11) is -6.70. The zero-order valence-corrected chi connectivity index (χ0v) is 30.8. The molecule has 0 aliphatic carbocycles. The number of aliphatic hydroxyl groups is 1. The lowest BCUT2D eigenvalue weighted by Gasteiger charge is -2.55. The zero-order chi connectivity index (χ0) is 38.0. The van der Waals surface area contributed by atoms with Gasteiger partial charge in [-0.2, -0.15) is 0 Å². The van der Waals surface area contributed by atoms with Crippen molar-refractivity contribution in [1.82, 2.24) is 15.5 Å². The Labute approximate surface area is 297 Å². The molecule has 0 spiro atoms. The van der Waals surface area contributed by atoms with Gasteiger partial charge in [0.05, 0.1) is 34.9 Å². The first-order valence-electron chi connectivity index (χ1n) is 14.4. The van der Waals surface area contributed by atoms with Crippen LogP contribution in [0.4, 0.5) is 4.79 Å². The number of carbonyl (C=O) groups is 5. The van der Waals surface area contributed by atoms with Crippen molar-refractivity contribution in [2.75, 3.05) is 47.3 Å². The molecule has 3 rings (SSSR count). The van der Waals surface area contributed by atoms with Crippen molar-refractivity contribution in [3.8, 4) is 0 Å². The van der Waals surface area contributed by atoms with Crippen LogP contribution < -0.4 is 16.4 Å². The number of thioether (sulfide) groups is 1. The number of nitrogens with two attached hydrogens (primary N) is 1. The SMILES string of the molecule is COOP(=O)(OOC)C(O)(CCCCNC(=O)C1(NC(=O)Cc2cccs2)C(=O)N2C(C(=O)O)=C(COC(N)=O)CS[C@H]21)P(=O)(OOC)OOC. The van der Waals surface area contributed by atoms with E-state index < -0.39 is 79.7 Å². The van der Waals surface area contributed by atoms with Crippen LogP contribution in [-0.2, 0) is 77.7 Å². The summed E-state index contributed by atoms with van der Waals surface area (Å²) in [5.74, 6) is -4.47. The number of hydrogen-bond donors (Lipinski definition) is 5. The Morgan fingerprint density at radius 2 is 1.63 bits per heavy atom. The molecule has 2 aliphatic heterocycles. The predicted molar refractivity (Wildman–Crippen MR) is 172 cm³/mol. The average Bonchev–Trinajstić information content (AvgIpc) is 3.58. The Bertz CT molecular complexity index is 1530. The van der Waals surface area contributed by atoms with E-state index in [2.05, 4.69) is 48.9 Å². The molecule has 1 aromatic heterocycles. The lowest BCUT2D eigenvalue weighted by atomic mass is 9.84. The van der Waals surface area contributed by atoms with Gasteiger partial charge in [-0.1, -0.05) is 6.07 Å². The molecule has 1 unspecified atom stereocenters. The average molecular weight is 807 g/mol. The molecule has 0 bridgehead atoms. The second kappa shape index (κ2) is 18.2. The smallest absolute Gasteiger partial charge is 0.428 e. The van der Waals surface area contributed by atoms with Gasteiger partial charge in [0.2, 0.25) is 11.4 Å². The number of ether oxygens (including phenoxy) is 1. The third kappa shape index (κ3) is 8.82. The number of hydrogen-bond acceptors (Lipinski definition) is 19. The maximum Gasteiger partial charge on any atom is 0.428 e. The molecule has 1 aromatic rings. The van der Waals surface area contributed by atoms with Crippen molar-refractivity contribution < 1.29 is 86.3 Å². The molecule has 4 amide bonds. The maximum atomic E-state index is 13.8. The van der Waals surface area contributed by atoms with Crippen molar-refractivity contribution in [3.05, 3.63) is 33.7 Å². The number of unbranched alkanes of at least 4 members (excludes halogenated alkanes) is 1. The Hall–Kier alpha value is -2.96. The van der Waals surface area contributed by atoms with E-state index >= 15 is 0 Å². The van der Waals surface area contributed by atoms with Crippen molar-refractivity contribution in [3.63, 3.8) is 0 Å². The lowest BCUT2D eigenvalue weighted by Crippen LogP contribution is -2.84. The number of primary amides is 1. The Morgan fingerprint density at radius 3 is 2.12 bits per heavy atom. The fraction of sp³-hybridized carbons (Fsp3) is 0.560. The quantitative estimate of drug-likeness (QED) is 0.0274. The van der Waals surface area contributed by atoms with E-state index in [4.69, 9.17) is 10.5 Å². The van der Waals surface area contributed by atoms with Gasteiger partial charge in [0.15, 0.2) is 0 Å². The molecule has 286 valence electrons. The highest BCUT2D eigenvalue weighted by atomic mass is 32.2. The molecule has 3 heterocycles. The molecule has 0 radical (unpaired) electrons. The number of carbonyl (C=O) groups excluding carboxylic acids is 4. The summed E-state index contributed by atoms with van der Waals surface area (Å²) >= 11 is 2.19. The number of carboxylic acid groups (broad SMARTS) is 1. The minimum atomic E-state index is -5.14. The molecular weight excluding hydrogens is 770 g/mol. The summed E-state index contributed by atoms with van der Waals surface area (Å²) in [6, 6.07) is 3.37. The number of nitrogens with one attached hydrogen (secondary N) is 2. The summed E-state index contributed by atoms with van der Waals surface area (Å²) < 4.78 is 50.2. The van der Waals surface area contributed by atoms with Gasteiger partial charge in [-0.05, 0) is 24.3 Å². The zero-order valence-electron chi connectivity index (χ0n) is 27.4. The highest BCUT2D eigenvalue weighted by Crippen LogP contribution is 2.78. The first-order chi connectivity index (χ1) is 24.1. The molecule has 51 heavy (non-hydrogen) atoms. The number of β-lactam (4-membered cyclic amide) rings is 1. The second-order valence-electron chi connectivity index (χ2n) is 10.3. The largest absolute Gasteiger partial charge is 0.477 e. The Morgan fingerprint density at radius 1 is 1.04 bits per heavy atom. The first-order valence-corrected chi connectivity index (χ1v) is 19.4. The molecule has 6 N–H and O–H groups in total. The van der Waals surface area contributed by atoms with E-state index in [0.29, 0.717) is 4.88 Å². The summed E-state index contributed by atoms with van der Waals surface area (Å²) in [6.07, 6.45) is -2.51. The van der Waals surface area contributed by atoms with Crippen molar-refractivity contribution in [1.29, 1.82) is 0 Å². The summed E-state index contributed by atoms with van der Waals surface area (Å²) in [5, 5.41) is 23.7. The normalized spacial score (nSPS) is 19.3. The number of amides is 4. The van der Waals surface area contributed by atoms with Crippen molar-refractivity contribution in [2.24, 2.45) is 5.73 Å². The maximum absolute atomic E-state index is 13.8. The molecule has 0 saturated carbocycles. The summed E-state index contributed by atoms with van der Waals surface area (Å²) in [4.78, 5) is 83.2. The van der Waals surface area contributed by atoms with Crippen LogP contribution in [0.15, 0.2) is 28.8 Å². The van der Waals surface area contributed by atoms with E-state index in [0.717, 1.165) is 45.1 Å². The van der Waals surface area contributed by atoms with Crippen molar-refractivity contribution in [2.45, 2.75) is 41.7 Å². The van der Waals surface area contributed by atoms with Crippen LogP contribution in [0.1, 0.15) is 24.1 Å². The number of nitrogens with zero attached hydrogens (tertiary/aromatic N) is 1. The van der Waals surface area contributed by atoms with Gasteiger partial charge in [-0.15, -0.1) is 41.8 Å². The van der Waals surface area contributed by atoms with Crippen LogP contribution in [-0.4, -0.2) is 108 Å². The minimum Gasteiger partial charge on any atom is -0.477 e. The van der Waals surface area contributed by atoms with Crippen LogP contribution >= 0.6 is 38.3 Å². The number of fused-ring (bicyclic) bond motifs is 1. The molecular formula is C25H36N4O18P2S2. The van der Waals surface area contributed by atoms with Crippen LogP contribution in [0.5, 0.6) is 0 Å². The number of thiophene rings is 1. The molecule has 1 fully saturated rings. The van der Waals surface area contributed by atoms with E-state index in [9.17, 15) is 43.3 Å². The Balaban J connectivity index is 1.85. The Kier molecular flexibility index (Phi) is 15.1. The van der Waals surface area contributed by atoms with E-state index in [-0.39, 0.29) is 37.1 Å². The lowest BCUT2D eigenvalue weighted by molar-refractivity contribution is -0.264. The van der Waals surface area contributed by atoms with Crippen molar-refractivity contribution >= 4 is 68.1 Å². The van der Waals surface area contributed by atoms with E-state index in [1.54, 1.807) is 17.5 Å². The minimum absolute atomic E-state index is 0.0293. The van der Waals surface area contributed by atoms with Crippen LogP contribution in [0.2, 0.25) is 0 Å². The van der Waals surface area contributed by atoms with Crippen LogP contribution in [0.3, 0.4) is 0 Å². The standard InChI is InChI=1S/C25H36N4O18P2S2/c1-39-44-48(37,45-40-2)24(36,49(38,46-41-3)47-42-4)9-5-6-10-27-20(33)25(28-17(30)12-16-8-7-11-50-16)21(34)29-18(19(31)32)15(13-43-23(26)35)14-51-22(25)29/h7-8,11,22,36H,5-6,9-10,12-14H2,1-4H3,(H2,26,35)(H,27,33)(H,28,30)(H,31,32)/t22-,25?/m0/s1. The monoisotopic (exact) mass is 806 g/mol. The predicted octanol–water partition coefficient (Wildman–Crippen LogP) is 1.13.